The number of likely N-dealkylation sites (tertiary alicyclic amines) is 1. The number of hydrogen-bond donors (Lipinski definition) is 2. The number of carbonyl (C=O) groups is 1. The molecule has 1 aromatic rings. The van der Waals surface area contributed by atoms with Gasteiger partial charge in [0.2, 0.25) is 5.91 Å². The Hall–Kier alpha value is -1.39. The summed E-state index contributed by atoms with van der Waals surface area (Å²) < 4.78 is 0. The first-order valence-electron chi connectivity index (χ1n) is 7.57. The highest BCUT2D eigenvalue weighted by Crippen LogP contribution is 2.30. The molecule has 0 bridgehead atoms. The lowest BCUT2D eigenvalue weighted by Gasteiger charge is -2.20. The van der Waals surface area contributed by atoms with Crippen molar-refractivity contribution in [1.29, 1.82) is 0 Å². The molecule has 1 aliphatic carbocycles. The van der Waals surface area contributed by atoms with Crippen LogP contribution in [0.4, 0.5) is 0 Å². The molecule has 2 unspecified atom stereocenters. The zero-order valence-electron chi connectivity index (χ0n) is 11.8. The van der Waals surface area contributed by atoms with Gasteiger partial charge in [-0.3, -0.25) is 9.69 Å². The molecule has 1 saturated heterocycles. The van der Waals surface area contributed by atoms with Gasteiger partial charge in [-0.2, -0.15) is 0 Å². The van der Waals surface area contributed by atoms with Crippen LogP contribution < -0.4 is 11.1 Å². The van der Waals surface area contributed by atoms with Gasteiger partial charge in [-0.25, -0.2) is 0 Å². The standard InChI is InChI=1S/C16H23N3O/c17-10-15(12-4-2-1-3-5-12)16(20)18-13-8-9-19(11-13)14-6-7-14/h1-5,13-15H,6-11,17H2,(H,18,20). The van der Waals surface area contributed by atoms with Gasteiger partial charge in [0, 0.05) is 31.7 Å². The van der Waals surface area contributed by atoms with E-state index in [0.29, 0.717) is 12.6 Å². The topological polar surface area (TPSA) is 58.4 Å². The molecule has 1 heterocycles. The highest BCUT2D eigenvalue weighted by atomic mass is 16.2. The van der Waals surface area contributed by atoms with Crippen molar-refractivity contribution in [3.05, 3.63) is 35.9 Å². The van der Waals surface area contributed by atoms with Gasteiger partial charge in [-0.15, -0.1) is 0 Å². The van der Waals surface area contributed by atoms with Gasteiger partial charge < -0.3 is 11.1 Å². The Morgan fingerprint density at radius 2 is 2.05 bits per heavy atom. The second-order valence-corrected chi connectivity index (χ2v) is 5.92. The third kappa shape index (κ3) is 3.02. The molecule has 3 N–H and O–H groups in total. The molecule has 4 nitrogen and oxygen atoms in total. The third-order valence-corrected chi connectivity index (χ3v) is 4.38. The van der Waals surface area contributed by atoms with Crippen molar-refractivity contribution in [2.24, 2.45) is 5.73 Å². The SMILES string of the molecule is NCC(C(=O)NC1CCN(C2CC2)C1)c1ccccc1. The maximum atomic E-state index is 12.4. The first-order valence-corrected chi connectivity index (χ1v) is 7.57. The molecule has 2 atom stereocenters. The van der Waals surface area contributed by atoms with Gasteiger partial charge in [0.1, 0.15) is 0 Å². The number of nitrogens with one attached hydrogen (secondary N) is 1. The summed E-state index contributed by atoms with van der Waals surface area (Å²) in [6, 6.07) is 10.9. The van der Waals surface area contributed by atoms with E-state index in [1.165, 1.54) is 12.8 Å². The number of nitrogens with zero attached hydrogens (tertiary/aromatic N) is 1. The minimum absolute atomic E-state index is 0.0707. The monoisotopic (exact) mass is 273 g/mol. The summed E-state index contributed by atoms with van der Waals surface area (Å²) in [7, 11) is 0. The first kappa shape index (κ1) is 13.6. The fraction of sp³-hybridized carbons (Fsp3) is 0.562. The van der Waals surface area contributed by atoms with Crippen LogP contribution in [0.15, 0.2) is 30.3 Å². The van der Waals surface area contributed by atoms with Crippen LogP contribution in [0.5, 0.6) is 0 Å². The molecule has 1 saturated carbocycles. The molecule has 0 spiro atoms. The zero-order chi connectivity index (χ0) is 13.9. The third-order valence-electron chi connectivity index (χ3n) is 4.38. The summed E-state index contributed by atoms with van der Waals surface area (Å²) in [6.45, 7) is 2.48. The lowest BCUT2D eigenvalue weighted by Crippen LogP contribution is -2.41. The Bertz CT molecular complexity index is 458. The number of carbonyl (C=O) groups excluding carboxylic acids is 1. The molecule has 108 valence electrons. The average Bonchev–Trinajstić information content (AvgIpc) is 3.22. The van der Waals surface area contributed by atoms with E-state index in [9.17, 15) is 4.79 Å². The Labute approximate surface area is 120 Å². The van der Waals surface area contributed by atoms with Crippen molar-refractivity contribution < 1.29 is 4.79 Å². The smallest absolute Gasteiger partial charge is 0.229 e. The van der Waals surface area contributed by atoms with Gasteiger partial charge in [0.25, 0.3) is 0 Å². The van der Waals surface area contributed by atoms with Gasteiger partial charge in [0.05, 0.1) is 5.92 Å². The van der Waals surface area contributed by atoms with Crippen LogP contribution >= 0.6 is 0 Å². The quantitative estimate of drug-likeness (QED) is 0.844. The number of rotatable bonds is 5. The van der Waals surface area contributed by atoms with E-state index in [1.54, 1.807) is 0 Å². The molecule has 4 heteroatoms. The lowest BCUT2D eigenvalue weighted by molar-refractivity contribution is -0.123. The Kier molecular flexibility index (Phi) is 4.03. The molecule has 2 fully saturated rings. The van der Waals surface area contributed by atoms with Crippen molar-refractivity contribution in [1.82, 2.24) is 10.2 Å². The Morgan fingerprint density at radius 1 is 1.30 bits per heavy atom. The molecule has 0 radical (unpaired) electrons. The number of amides is 1. The summed E-state index contributed by atoms with van der Waals surface area (Å²) in [6.07, 6.45) is 3.72. The summed E-state index contributed by atoms with van der Waals surface area (Å²) >= 11 is 0. The van der Waals surface area contributed by atoms with Crippen LogP contribution in [-0.4, -0.2) is 42.5 Å². The summed E-state index contributed by atoms with van der Waals surface area (Å²) in [5.74, 6) is -0.160. The lowest BCUT2D eigenvalue weighted by atomic mass is 9.98. The minimum atomic E-state index is -0.230. The maximum Gasteiger partial charge on any atom is 0.229 e. The van der Waals surface area contributed by atoms with Crippen LogP contribution in [-0.2, 0) is 4.79 Å². The van der Waals surface area contributed by atoms with E-state index in [4.69, 9.17) is 5.73 Å². The second kappa shape index (κ2) is 5.94. The number of benzene rings is 1. The van der Waals surface area contributed by atoms with E-state index in [2.05, 4.69) is 10.2 Å². The fourth-order valence-corrected chi connectivity index (χ4v) is 3.06. The van der Waals surface area contributed by atoms with E-state index in [-0.39, 0.29) is 11.8 Å². The Balaban J connectivity index is 1.57. The molecule has 20 heavy (non-hydrogen) atoms. The Morgan fingerprint density at radius 3 is 2.70 bits per heavy atom. The van der Waals surface area contributed by atoms with Crippen molar-refractivity contribution in [2.45, 2.75) is 37.3 Å². The minimum Gasteiger partial charge on any atom is -0.351 e. The van der Waals surface area contributed by atoms with Crippen LogP contribution in [0.25, 0.3) is 0 Å². The largest absolute Gasteiger partial charge is 0.351 e. The van der Waals surface area contributed by atoms with Crippen LogP contribution in [0.1, 0.15) is 30.7 Å². The number of nitrogens with two attached hydrogens (primary N) is 1. The van der Waals surface area contributed by atoms with E-state index < -0.39 is 0 Å². The predicted octanol–water partition coefficient (Wildman–Crippen LogP) is 1.08. The molecule has 1 aliphatic heterocycles. The second-order valence-electron chi connectivity index (χ2n) is 5.92. The van der Waals surface area contributed by atoms with E-state index in [0.717, 1.165) is 31.1 Å². The van der Waals surface area contributed by atoms with Gasteiger partial charge in [0.15, 0.2) is 0 Å². The fourth-order valence-electron chi connectivity index (χ4n) is 3.06. The maximum absolute atomic E-state index is 12.4. The predicted molar refractivity (Wildman–Crippen MR) is 79.4 cm³/mol. The van der Waals surface area contributed by atoms with Crippen molar-refractivity contribution in [3.63, 3.8) is 0 Å². The molecule has 2 aliphatic rings. The highest BCUT2D eigenvalue weighted by Gasteiger charge is 2.35. The van der Waals surface area contributed by atoms with E-state index in [1.807, 2.05) is 30.3 Å². The zero-order valence-corrected chi connectivity index (χ0v) is 11.8. The first-order chi connectivity index (χ1) is 9.78. The van der Waals surface area contributed by atoms with Gasteiger partial charge in [-0.05, 0) is 24.8 Å². The van der Waals surface area contributed by atoms with Crippen molar-refractivity contribution in [2.75, 3.05) is 19.6 Å². The summed E-state index contributed by atoms with van der Waals surface area (Å²) in [5, 5.41) is 3.18. The van der Waals surface area contributed by atoms with Crippen LogP contribution in [0.3, 0.4) is 0 Å². The molecule has 1 aromatic carbocycles. The van der Waals surface area contributed by atoms with Crippen LogP contribution in [0, 0.1) is 0 Å². The van der Waals surface area contributed by atoms with Crippen molar-refractivity contribution in [3.8, 4) is 0 Å². The highest BCUT2D eigenvalue weighted by molar-refractivity contribution is 5.84. The molecular formula is C16H23N3O. The van der Waals surface area contributed by atoms with Crippen molar-refractivity contribution >= 4 is 5.91 Å². The normalized spacial score (nSPS) is 24.6. The number of hydrogen-bond acceptors (Lipinski definition) is 3. The van der Waals surface area contributed by atoms with Gasteiger partial charge >= 0.3 is 0 Å². The van der Waals surface area contributed by atoms with E-state index >= 15 is 0 Å². The molecule has 0 aromatic heterocycles. The van der Waals surface area contributed by atoms with Crippen LogP contribution in [0.2, 0.25) is 0 Å². The molecular weight excluding hydrogens is 250 g/mol. The average molecular weight is 273 g/mol. The van der Waals surface area contributed by atoms with Gasteiger partial charge in [-0.1, -0.05) is 30.3 Å². The summed E-state index contributed by atoms with van der Waals surface area (Å²) in [5.41, 5.74) is 6.80. The summed E-state index contributed by atoms with van der Waals surface area (Å²) in [4.78, 5) is 14.9. The molecule has 3 rings (SSSR count). The molecule has 1 amide bonds.